The summed E-state index contributed by atoms with van der Waals surface area (Å²) in [5, 5.41) is 1.38. The van der Waals surface area contributed by atoms with Gasteiger partial charge in [0.05, 0.1) is 19.8 Å². The highest BCUT2D eigenvalue weighted by molar-refractivity contribution is 6.36. The first kappa shape index (κ1) is 16.2. The Balaban J connectivity index is 2.33. The largest absolute Gasteiger partial charge is 0.464 e. The second kappa shape index (κ2) is 6.74. The number of hydrogen-bond acceptors (Lipinski definition) is 7. The minimum atomic E-state index is -0.695. The van der Waals surface area contributed by atoms with Gasteiger partial charge in [-0.2, -0.15) is 4.98 Å². The topological polar surface area (TPSA) is 77.1 Å². The van der Waals surface area contributed by atoms with Crippen LogP contribution in [0.15, 0.2) is 0 Å². The Morgan fingerprint density at radius 3 is 2.67 bits per heavy atom. The molecule has 0 unspecified atom stereocenters. The summed E-state index contributed by atoms with van der Waals surface area (Å²) in [6, 6.07) is -0.0855. The smallest absolute Gasteiger partial charge is 0.358 e. The fourth-order valence-electron chi connectivity index (χ4n) is 1.57. The summed E-state index contributed by atoms with van der Waals surface area (Å²) in [7, 11) is 1.23. The van der Waals surface area contributed by atoms with Crippen molar-refractivity contribution in [2.75, 3.05) is 25.4 Å². The number of carbonyl (C=O) groups excluding carboxylic acids is 1. The van der Waals surface area contributed by atoms with Crippen LogP contribution >= 0.6 is 23.2 Å². The first-order chi connectivity index (χ1) is 9.93. The van der Waals surface area contributed by atoms with Gasteiger partial charge in [0.15, 0.2) is 11.5 Å². The van der Waals surface area contributed by atoms with Crippen LogP contribution < -0.4 is 5.06 Å². The normalized spacial score (nSPS) is 17.0. The quantitative estimate of drug-likeness (QED) is 0.341. The molecule has 1 aromatic heterocycles. The zero-order valence-corrected chi connectivity index (χ0v) is 13.3. The van der Waals surface area contributed by atoms with Crippen molar-refractivity contribution in [2.24, 2.45) is 0 Å². The maximum Gasteiger partial charge on any atom is 0.358 e. The Morgan fingerprint density at radius 1 is 1.48 bits per heavy atom. The lowest BCUT2D eigenvalue weighted by atomic mass is 10.3. The zero-order chi connectivity index (χ0) is 15.6. The third-order valence-corrected chi connectivity index (χ3v) is 3.18. The Labute approximate surface area is 132 Å². The van der Waals surface area contributed by atoms with Crippen LogP contribution in [0.4, 0.5) is 5.82 Å². The summed E-state index contributed by atoms with van der Waals surface area (Å²) in [4.78, 5) is 25.2. The molecular weight excluding hydrogens is 321 g/mol. The molecule has 0 aliphatic carbocycles. The molecule has 0 N–H and O–H groups in total. The summed E-state index contributed by atoms with van der Waals surface area (Å²) < 4.78 is 9.71. The molecule has 21 heavy (non-hydrogen) atoms. The number of methoxy groups -OCH3 is 1. The molecule has 1 aliphatic rings. The first-order valence-corrected chi connectivity index (χ1v) is 7.04. The summed E-state index contributed by atoms with van der Waals surface area (Å²) in [6.45, 7) is 4.80. The van der Waals surface area contributed by atoms with E-state index in [0.717, 1.165) is 0 Å². The molecule has 0 spiro atoms. The van der Waals surface area contributed by atoms with Gasteiger partial charge >= 0.3 is 5.97 Å². The number of anilines is 1. The minimum Gasteiger partial charge on any atom is -0.464 e. The summed E-state index contributed by atoms with van der Waals surface area (Å²) >= 11 is 12.0. The van der Waals surface area contributed by atoms with Crippen LogP contribution in [0.2, 0.25) is 10.3 Å². The van der Waals surface area contributed by atoms with Crippen molar-refractivity contribution in [1.82, 2.24) is 9.97 Å². The van der Waals surface area contributed by atoms with E-state index >= 15 is 0 Å². The molecule has 7 nitrogen and oxygen atoms in total. The van der Waals surface area contributed by atoms with Crippen molar-refractivity contribution in [1.29, 1.82) is 0 Å². The number of ether oxygens (including phenoxy) is 2. The average molecular weight is 336 g/mol. The van der Waals surface area contributed by atoms with E-state index in [2.05, 4.69) is 14.7 Å². The Morgan fingerprint density at radius 2 is 2.14 bits per heavy atom. The fraction of sp³-hybridized carbons (Fsp3) is 0.583. The van der Waals surface area contributed by atoms with Gasteiger partial charge in [-0.15, -0.1) is 0 Å². The van der Waals surface area contributed by atoms with Crippen molar-refractivity contribution in [2.45, 2.75) is 26.0 Å². The average Bonchev–Trinajstić information content (AvgIpc) is 3.25. The number of nitrogens with zero attached hydrogens (tertiary/aromatic N) is 3. The molecular formula is C12H15Cl2N3O4. The van der Waals surface area contributed by atoms with Crippen LogP contribution in [-0.4, -0.2) is 48.4 Å². The van der Waals surface area contributed by atoms with Crippen LogP contribution in [0.3, 0.4) is 0 Å². The number of halogens is 2. The Bertz CT molecular complexity index is 537. The summed E-state index contributed by atoms with van der Waals surface area (Å²) in [5.74, 6) is -0.479. The van der Waals surface area contributed by atoms with E-state index in [1.807, 2.05) is 13.8 Å². The number of aromatic nitrogens is 2. The van der Waals surface area contributed by atoms with E-state index in [1.165, 1.54) is 12.2 Å². The van der Waals surface area contributed by atoms with Crippen LogP contribution in [0, 0.1) is 0 Å². The molecule has 0 radical (unpaired) electrons. The zero-order valence-electron chi connectivity index (χ0n) is 11.8. The molecule has 2 rings (SSSR count). The minimum absolute atomic E-state index is 0.0247. The Kier molecular flexibility index (Phi) is 5.21. The monoisotopic (exact) mass is 335 g/mol. The van der Waals surface area contributed by atoms with Gasteiger partial charge in [0.1, 0.15) is 17.7 Å². The number of hydrogen-bond donors (Lipinski definition) is 0. The molecule has 1 aliphatic heterocycles. The van der Waals surface area contributed by atoms with Crippen molar-refractivity contribution in [3.8, 4) is 0 Å². The maximum atomic E-state index is 11.7. The van der Waals surface area contributed by atoms with Gasteiger partial charge < -0.3 is 9.47 Å². The lowest BCUT2D eigenvalue weighted by molar-refractivity contribution is 0.0592. The van der Waals surface area contributed by atoms with Gasteiger partial charge in [-0.1, -0.05) is 11.6 Å². The van der Waals surface area contributed by atoms with Crippen molar-refractivity contribution >= 4 is 35.0 Å². The van der Waals surface area contributed by atoms with Crippen LogP contribution in [0.25, 0.3) is 0 Å². The molecule has 0 aromatic carbocycles. The van der Waals surface area contributed by atoms with E-state index < -0.39 is 5.97 Å². The standard InChI is InChI=1S/C12H15Cl2N3O4/c1-6(2)17(21-5-7-4-20-7)10-8(13)9(11(18)19-3)15-12(14)16-10/h6-7H,4-5H2,1-3H3/t7-/m1/s1. The van der Waals surface area contributed by atoms with Gasteiger partial charge in [0.25, 0.3) is 0 Å². The maximum absolute atomic E-state index is 11.7. The number of rotatable bonds is 6. The van der Waals surface area contributed by atoms with Gasteiger partial charge in [0, 0.05) is 0 Å². The molecule has 0 bridgehead atoms. The van der Waals surface area contributed by atoms with Gasteiger partial charge in [-0.25, -0.2) is 14.8 Å². The number of esters is 1. The molecule has 9 heteroatoms. The predicted molar refractivity (Wildman–Crippen MR) is 76.7 cm³/mol. The van der Waals surface area contributed by atoms with E-state index in [4.69, 9.17) is 32.8 Å². The lowest BCUT2D eigenvalue weighted by Gasteiger charge is -2.27. The van der Waals surface area contributed by atoms with E-state index in [1.54, 1.807) is 0 Å². The van der Waals surface area contributed by atoms with E-state index in [-0.39, 0.29) is 34.0 Å². The summed E-state index contributed by atoms with van der Waals surface area (Å²) in [5.41, 5.74) is -0.105. The molecule has 1 aromatic rings. The molecule has 1 saturated heterocycles. The molecule has 0 amide bonds. The van der Waals surface area contributed by atoms with Crippen LogP contribution in [0.5, 0.6) is 0 Å². The SMILES string of the molecule is COC(=O)c1nc(Cl)nc(N(OC[C@H]2CO2)C(C)C)c1Cl. The molecule has 1 atom stereocenters. The number of carbonyl (C=O) groups is 1. The molecule has 1 fully saturated rings. The molecule has 0 saturated carbocycles. The van der Waals surface area contributed by atoms with E-state index in [0.29, 0.717) is 13.2 Å². The van der Waals surface area contributed by atoms with Crippen molar-refractivity contribution in [3.63, 3.8) is 0 Å². The van der Waals surface area contributed by atoms with E-state index in [9.17, 15) is 4.79 Å². The third-order valence-electron chi connectivity index (χ3n) is 2.66. The second-order valence-electron chi connectivity index (χ2n) is 4.64. The first-order valence-electron chi connectivity index (χ1n) is 6.29. The van der Waals surface area contributed by atoms with Crippen molar-refractivity contribution < 1.29 is 19.1 Å². The number of hydroxylamine groups is 1. The highest BCUT2D eigenvalue weighted by Gasteiger charge is 2.28. The highest BCUT2D eigenvalue weighted by Crippen LogP contribution is 2.30. The summed E-state index contributed by atoms with van der Waals surface area (Å²) in [6.07, 6.45) is 0.0717. The van der Waals surface area contributed by atoms with Gasteiger partial charge in [-0.3, -0.25) is 4.84 Å². The van der Waals surface area contributed by atoms with Gasteiger partial charge in [0.2, 0.25) is 5.28 Å². The van der Waals surface area contributed by atoms with Crippen LogP contribution in [-0.2, 0) is 14.3 Å². The Hall–Kier alpha value is -1.15. The molecule has 2 heterocycles. The van der Waals surface area contributed by atoms with Gasteiger partial charge in [-0.05, 0) is 25.4 Å². The highest BCUT2D eigenvalue weighted by atomic mass is 35.5. The van der Waals surface area contributed by atoms with Crippen LogP contribution in [0.1, 0.15) is 24.3 Å². The second-order valence-corrected chi connectivity index (χ2v) is 5.36. The lowest BCUT2D eigenvalue weighted by Crippen LogP contribution is -2.34. The predicted octanol–water partition coefficient (Wildman–Crippen LogP) is 2.12. The fourth-order valence-corrected chi connectivity index (χ4v) is 1.98. The molecule has 116 valence electrons. The van der Waals surface area contributed by atoms with Crippen molar-refractivity contribution in [3.05, 3.63) is 16.0 Å². The number of epoxide rings is 1. The third kappa shape index (κ3) is 3.94.